The lowest BCUT2D eigenvalue weighted by Crippen LogP contribution is -2.51. The van der Waals surface area contributed by atoms with Crippen molar-refractivity contribution in [3.05, 3.63) is 29.8 Å². The van der Waals surface area contributed by atoms with Crippen molar-refractivity contribution < 1.29 is 18.0 Å². The summed E-state index contributed by atoms with van der Waals surface area (Å²) >= 11 is 0. The number of anilines is 1. The van der Waals surface area contributed by atoms with E-state index in [1.54, 1.807) is 29.2 Å². The van der Waals surface area contributed by atoms with Crippen LogP contribution in [0.3, 0.4) is 0 Å². The zero-order valence-corrected chi connectivity index (χ0v) is 11.6. The average molecular weight is 301 g/mol. The van der Waals surface area contributed by atoms with Crippen LogP contribution in [0, 0.1) is 0 Å². The SMILES string of the molecule is Nc1ccc(CC(=O)N2CCN(CC(F)(F)F)CC2)cc1. The number of alkyl halides is 3. The first-order valence-electron chi connectivity index (χ1n) is 6.75. The van der Waals surface area contributed by atoms with Gasteiger partial charge >= 0.3 is 6.18 Å². The van der Waals surface area contributed by atoms with Crippen LogP contribution in [0.2, 0.25) is 0 Å². The lowest BCUT2D eigenvalue weighted by molar-refractivity contribution is -0.151. The first-order chi connectivity index (χ1) is 9.83. The number of amides is 1. The van der Waals surface area contributed by atoms with Gasteiger partial charge in [0.25, 0.3) is 0 Å². The van der Waals surface area contributed by atoms with Crippen LogP contribution in [0.5, 0.6) is 0 Å². The summed E-state index contributed by atoms with van der Waals surface area (Å²) in [6, 6.07) is 7.02. The molecule has 21 heavy (non-hydrogen) atoms. The molecule has 7 heteroatoms. The van der Waals surface area contributed by atoms with Gasteiger partial charge in [0, 0.05) is 31.9 Å². The lowest BCUT2D eigenvalue weighted by atomic mass is 10.1. The molecular formula is C14H18F3N3O. The number of carbonyl (C=O) groups is 1. The first kappa shape index (κ1) is 15.6. The van der Waals surface area contributed by atoms with Crippen LogP contribution < -0.4 is 5.73 Å². The molecule has 1 aromatic rings. The second kappa shape index (κ2) is 6.34. The van der Waals surface area contributed by atoms with Gasteiger partial charge in [-0.1, -0.05) is 12.1 Å². The van der Waals surface area contributed by atoms with E-state index in [2.05, 4.69) is 0 Å². The highest BCUT2D eigenvalue weighted by Gasteiger charge is 2.32. The molecule has 1 aromatic carbocycles. The van der Waals surface area contributed by atoms with E-state index in [-0.39, 0.29) is 25.4 Å². The van der Waals surface area contributed by atoms with Crippen LogP contribution >= 0.6 is 0 Å². The van der Waals surface area contributed by atoms with Crippen LogP contribution in [0.15, 0.2) is 24.3 Å². The van der Waals surface area contributed by atoms with E-state index in [0.717, 1.165) is 5.56 Å². The van der Waals surface area contributed by atoms with Gasteiger partial charge in [-0.3, -0.25) is 9.69 Å². The third-order valence-electron chi connectivity index (χ3n) is 3.46. The van der Waals surface area contributed by atoms with Crippen LogP contribution in [0.25, 0.3) is 0 Å². The molecule has 1 saturated heterocycles. The van der Waals surface area contributed by atoms with Crippen molar-refractivity contribution in [2.24, 2.45) is 0 Å². The van der Waals surface area contributed by atoms with Crippen LogP contribution in [-0.2, 0) is 11.2 Å². The van der Waals surface area contributed by atoms with Crippen LogP contribution in [0.1, 0.15) is 5.56 Å². The maximum absolute atomic E-state index is 12.3. The van der Waals surface area contributed by atoms with E-state index in [1.807, 2.05) is 0 Å². The highest BCUT2D eigenvalue weighted by molar-refractivity contribution is 5.79. The monoisotopic (exact) mass is 301 g/mol. The minimum Gasteiger partial charge on any atom is -0.399 e. The van der Waals surface area contributed by atoms with Gasteiger partial charge < -0.3 is 10.6 Å². The third kappa shape index (κ3) is 4.93. The standard InChI is InChI=1S/C14H18F3N3O/c15-14(16,17)10-19-5-7-20(8-6-19)13(21)9-11-1-3-12(18)4-2-11/h1-4H,5-10,18H2. The normalized spacial score (nSPS) is 17.0. The molecule has 2 N–H and O–H groups in total. The predicted octanol–water partition coefficient (Wildman–Crippen LogP) is 1.52. The zero-order valence-electron chi connectivity index (χ0n) is 11.6. The minimum atomic E-state index is -4.18. The van der Waals surface area contributed by atoms with Crippen molar-refractivity contribution >= 4 is 11.6 Å². The summed E-state index contributed by atoms with van der Waals surface area (Å²) in [6.45, 7) is 0.279. The number of nitrogens with two attached hydrogens (primary N) is 1. The molecule has 1 amide bonds. The number of halogens is 3. The molecule has 0 aromatic heterocycles. The van der Waals surface area contributed by atoms with Crippen molar-refractivity contribution in [1.82, 2.24) is 9.80 Å². The minimum absolute atomic E-state index is 0.0635. The lowest BCUT2D eigenvalue weighted by Gasteiger charge is -2.35. The summed E-state index contributed by atoms with van der Waals surface area (Å²) < 4.78 is 36.9. The Morgan fingerprint density at radius 1 is 1.10 bits per heavy atom. The van der Waals surface area contributed by atoms with Crippen LogP contribution in [0.4, 0.5) is 18.9 Å². The van der Waals surface area contributed by atoms with E-state index in [1.165, 1.54) is 4.90 Å². The maximum atomic E-state index is 12.3. The summed E-state index contributed by atoms with van der Waals surface area (Å²) in [5.41, 5.74) is 7.06. The molecule has 0 radical (unpaired) electrons. The van der Waals surface area contributed by atoms with Gasteiger partial charge in [0.15, 0.2) is 0 Å². The van der Waals surface area contributed by atoms with Crippen LogP contribution in [-0.4, -0.2) is 54.6 Å². The Labute approximate surface area is 121 Å². The highest BCUT2D eigenvalue weighted by Crippen LogP contribution is 2.17. The van der Waals surface area contributed by atoms with Gasteiger partial charge in [-0.25, -0.2) is 0 Å². The molecule has 116 valence electrons. The molecular weight excluding hydrogens is 283 g/mol. The Bertz CT molecular complexity index is 479. The van der Waals surface area contributed by atoms with E-state index in [4.69, 9.17) is 5.73 Å². The number of nitrogen functional groups attached to an aromatic ring is 1. The van der Waals surface area contributed by atoms with Gasteiger partial charge in [0.2, 0.25) is 5.91 Å². The molecule has 0 spiro atoms. The maximum Gasteiger partial charge on any atom is 0.401 e. The number of carbonyl (C=O) groups excluding carboxylic acids is 1. The summed E-state index contributed by atoms with van der Waals surface area (Å²) in [5, 5.41) is 0. The molecule has 1 heterocycles. The third-order valence-corrected chi connectivity index (χ3v) is 3.46. The van der Waals surface area contributed by atoms with Crippen molar-refractivity contribution in [2.45, 2.75) is 12.6 Å². The largest absolute Gasteiger partial charge is 0.401 e. The summed E-state index contributed by atoms with van der Waals surface area (Å²) in [4.78, 5) is 15.0. The number of nitrogens with zero attached hydrogens (tertiary/aromatic N) is 2. The van der Waals surface area contributed by atoms with E-state index in [0.29, 0.717) is 18.8 Å². The highest BCUT2D eigenvalue weighted by atomic mass is 19.4. The van der Waals surface area contributed by atoms with Crippen molar-refractivity contribution in [3.8, 4) is 0 Å². The predicted molar refractivity (Wildman–Crippen MR) is 73.6 cm³/mol. The Balaban J connectivity index is 1.81. The molecule has 1 fully saturated rings. The Morgan fingerprint density at radius 2 is 1.67 bits per heavy atom. The summed E-state index contributed by atoms with van der Waals surface area (Å²) in [7, 11) is 0. The molecule has 1 aliphatic rings. The second-order valence-corrected chi connectivity index (χ2v) is 5.19. The molecule has 0 bridgehead atoms. The molecule has 0 unspecified atom stereocenters. The quantitative estimate of drug-likeness (QED) is 0.861. The summed E-state index contributed by atoms with van der Waals surface area (Å²) in [5.74, 6) is -0.0635. The second-order valence-electron chi connectivity index (χ2n) is 5.19. The zero-order chi connectivity index (χ0) is 15.5. The fourth-order valence-corrected chi connectivity index (χ4v) is 2.33. The Kier molecular flexibility index (Phi) is 4.72. The average Bonchev–Trinajstić information content (AvgIpc) is 2.40. The smallest absolute Gasteiger partial charge is 0.399 e. The fraction of sp³-hybridized carbons (Fsp3) is 0.500. The molecule has 0 aliphatic carbocycles. The Morgan fingerprint density at radius 3 is 2.19 bits per heavy atom. The number of hydrogen-bond acceptors (Lipinski definition) is 3. The molecule has 1 aliphatic heterocycles. The van der Waals surface area contributed by atoms with Crippen molar-refractivity contribution in [2.75, 3.05) is 38.5 Å². The first-order valence-corrected chi connectivity index (χ1v) is 6.75. The fourth-order valence-electron chi connectivity index (χ4n) is 2.33. The van der Waals surface area contributed by atoms with Gasteiger partial charge in [0.1, 0.15) is 0 Å². The molecule has 0 atom stereocenters. The molecule has 4 nitrogen and oxygen atoms in total. The number of rotatable bonds is 3. The van der Waals surface area contributed by atoms with E-state index >= 15 is 0 Å². The number of hydrogen-bond donors (Lipinski definition) is 1. The number of piperazine rings is 1. The van der Waals surface area contributed by atoms with E-state index < -0.39 is 12.7 Å². The summed E-state index contributed by atoms with van der Waals surface area (Å²) in [6.07, 6.45) is -3.93. The number of benzene rings is 1. The van der Waals surface area contributed by atoms with E-state index in [9.17, 15) is 18.0 Å². The molecule has 0 saturated carbocycles. The van der Waals surface area contributed by atoms with Gasteiger partial charge in [0.05, 0.1) is 13.0 Å². The van der Waals surface area contributed by atoms with Gasteiger partial charge in [-0.15, -0.1) is 0 Å². The van der Waals surface area contributed by atoms with Gasteiger partial charge in [-0.2, -0.15) is 13.2 Å². The van der Waals surface area contributed by atoms with Gasteiger partial charge in [-0.05, 0) is 17.7 Å². The topological polar surface area (TPSA) is 49.6 Å². The van der Waals surface area contributed by atoms with Crippen molar-refractivity contribution in [1.29, 1.82) is 0 Å². The molecule has 2 rings (SSSR count). The Hall–Kier alpha value is -1.76. The van der Waals surface area contributed by atoms with Crippen molar-refractivity contribution in [3.63, 3.8) is 0 Å².